The normalized spacial score (nSPS) is 10.2. The number of aromatic carboxylic acids is 1. The maximum absolute atomic E-state index is 11.6. The molecule has 5 heteroatoms. The summed E-state index contributed by atoms with van der Waals surface area (Å²) in [5.74, 6) is -1.07. The Hall–Kier alpha value is -2.56. The van der Waals surface area contributed by atoms with Gasteiger partial charge in [0, 0.05) is 0 Å². The van der Waals surface area contributed by atoms with E-state index in [2.05, 4.69) is 11.9 Å². The highest BCUT2D eigenvalue weighted by atomic mass is 16.5. The zero-order valence-electron chi connectivity index (χ0n) is 11.1. The van der Waals surface area contributed by atoms with Crippen molar-refractivity contribution >= 4 is 5.97 Å². The third kappa shape index (κ3) is 3.26. The van der Waals surface area contributed by atoms with Crippen LogP contribution in [0.15, 0.2) is 41.2 Å². The Bertz CT molecular complexity index is 658. The lowest BCUT2D eigenvalue weighted by Crippen LogP contribution is -2.15. The molecule has 2 rings (SSSR count). The minimum Gasteiger partial charge on any atom is -0.483 e. The van der Waals surface area contributed by atoms with Gasteiger partial charge < -0.3 is 14.8 Å². The minimum atomic E-state index is -1.18. The van der Waals surface area contributed by atoms with Gasteiger partial charge in [0.1, 0.15) is 12.3 Å². The Kier molecular flexibility index (Phi) is 4.20. The zero-order chi connectivity index (χ0) is 14.5. The number of carbonyl (C=O) groups is 1. The summed E-state index contributed by atoms with van der Waals surface area (Å²) in [4.78, 5) is 24.6. The van der Waals surface area contributed by atoms with Gasteiger partial charge >= 0.3 is 5.97 Å². The van der Waals surface area contributed by atoms with E-state index in [1.165, 1.54) is 17.7 Å². The number of aryl methyl sites for hydroxylation is 1. The molecule has 104 valence electrons. The van der Waals surface area contributed by atoms with Crippen LogP contribution < -0.4 is 10.3 Å². The van der Waals surface area contributed by atoms with Crippen molar-refractivity contribution in [1.82, 2.24) is 4.98 Å². The van der Waals surface area contributed by atoms with Crippen LogP contribution in [-0.4, -0.2) is 16.1 Å². The van der Waals surface area contributed by atoms with Crippen molar-refractivity contribution in [2.75, 3.05) is 0 Å². The molecule has 0 atom stereocenters. The fourth-order valence-corrected chi connectivity index (χ4v) is 1.73. The number of hydrogen-bond donors (Lipinski definition) is 2. The number of aromatic nitrogens is 1. The van der Waals surface area contributed by atoms with Crippen molar-refractivity contribution in [2.24, 2.45) is 0 Å². The number of carboxylic acids is 1. The molecule has 0 bridgehead atoms. The smallest absolute Gasteiger partial charge is 0.352 e. The number of pyridine rings is 1. The number of aromatic amines is 1. The average Bonchev–Trinajstić information content (AvgIpc) is 2.46. The van der Waals surface area contributed by atoms with Crippen LogP contribution in [-0.2, 0) is 13.0 Å². The summed E-state index contributed by atoms with van der Waals surface area (Å²) in [6, 6.07) is 10.6. The van der Waals surface area contributed by atoms with Gasteiger partial charge in [-0.3, -0.25) is 4.79 Å². The number of H-pyrrole nitrogens is 1. The first-order chi connectivity index (χ1) is 9.60. The minimum absolute atomic E-state index is 0.106. The van der Waals surface area contributed by atoms with Crippen LogP contribution in [0.4, 0.5) is 0 Å². The zero-order valence-corrected chi connectivity index (χ0v) is 11.1. The molecular formula is C15H15NO4. The van der Waals surface area contributed by atoms with Gasteiger partial charge in [0.25, 0.3) is 5.56 Å². The molecule has 0 saturated heterocycles. The Morgan fingerprint density at radius 3 is 2.35 bits per heavy atom. The molecule has 0 saturated carbocycles. The molecule has 2 N–H and O–H groups in total. The van der Waals surface area contributed by atoms with Crippen molar-refractivity contribution < 1.29 is 14.6 Å². The predicted octanol–water partition coefficient (Wildman–Crippen LogP) is 2.21. The third-order valence-corrected chi connectivity index (χ3v) is 2.93. The van der Waals surface area contributed by atoms with Gasteiger partial charge in [0.15, 0.2) is 5.75 Å². The van der Waals surface area contributed by atoms with Crippen molar-refractivity contribution in [3.63, 3.8) is 0 Å². The number of carboxylic acid groups (broad SMARTS) is 1. The molecule has 5 nitrogen and oxygen atoms in total. The number of ether oxygens (including phenoxy) is 1. The molecule has 1 aromatic heterocycles. The fourth-order valence-electron chi connectivity index (χ4n) is 1.73. The molecule has 0 spiro atoms. The van der Waals surface area contributed by atoms with Crippen LogP contribution in [0.3, 0.4) is 0 Å². The van der Waals surface area contributed by atoms with Crippen LogP contribution >= 0.6 is 0 Å². The van der Waals surface area contributed by atoms with E-state index in [0.717, 1.165) is 12.0 Å². The number of nitrogens with one attached hydrogen (secondary N) is 1. The van der Waals surface area contributed by atoms with E-state index in [1.807, 2.05) is 24.3 Å². The topological polar surface area (TPSA) is 79.4 Å². The van der Waals surface area contributed by atoms with Crippen LogP contribution in [0, 0.1) is 0 Å². The summed E-state index contributed by atoms with van der Waals surface area (Å²) in [7, 11) is 0. The van der Waals surface area contributed by atoms with Gasteiger partial charge in [-0.1, -0.05) is 31.2 Å². The Balaban J connectivity index is 2.06. The van der Waals surface area contributed by atoms with E-state index in [9.17, 15) is 9.59 Å². The van der Waals surface area contributed by atoms with E-state index >= 15 is 0 Å². The van der Waals surface area contributed by atoms with Gasteiger partial charge in [0.05, 0.1) is 0 Å². The molecule has 1 heterocycles. The third-order valence-electron chi connectivity index (χ3n) is 2.93. The summed E-state index contributed by atoms with van der Waals surface area (Å²) in [6.07, 6.45) is 0.970. The summed E-state index contributed by atoms with van der Waals surface area (Å²) in [5, 5.41) is 8.75. The first-order valence-corrected chi connectivity index (χ1v) is 6.27. The van der Waals surface area contributed by atoms with E-state index < -0.39 is 11.5 Å². The van der Waals surface area contributed by atoms with Crippen molar-refractivity contribution in [1.29, 1.82) is 0 Å². The summed E-state index contributed by atoms with van der Waals surface area (Å²) < 4.78 is 5.39. The van der Waals surface area contributed by atoms with Gasteiger partial charge in [-0.2, -0.15) is 0 Å². The van der Waals surface area contributed by atoms with E-state index in [1.54, 1.807) is 0 Å². The second-order valence-electron chi connectivity index (χ2n) is 4.33. The lowest BCUT2D eigenvalue weighted by molar-refractivity contribution is 0.0690. The highest BCUT2D eigenvalue weighted by Gasteiger charge is 2.07. The van der Waals surface area contributed by atoms with E-state index in [-0.39, 0.29) is 18.1 Å². The molecule has 0 radical (unpaired) electrons. The fraction of sp³-hybridized carbons (Fsp3) is 0.200. The van der Waals surface area contributed by atoms with Gasteiger partial charge in [-0.15, -0.1) is 0 Å². The van der Waals surface area contributed by atoms with Crippen LogP contribution in [0.5, 0.6) is 5.75 Å². The first-order valence-electron chi connectivity index (χ1n) is 6.27. The highest BCUT2D eigenvalue weighted by Crippen LogP contribution is 2.09. The molecule has 0 fully saturated rings. The number of benzene rings is 1. The van der Waals surface area contributed by atoms with Crippen molar-refractivity contribution in [3.05, 3.63) is 63.6 Å². The lowest BCUT2D eigenvalue weighted by atomic mass is 10.1. The monoisotopic (exact) mass is 273 g/mol. The van der Waals surface area contributed by atoms with Crippen LogP contribution in [0.2, 0.25) is 0 Å². The molecule has 0 amide bonds. The van der Waals surface area contributed by atoms with E-state index in [4.69, 9.17) is 9.84 Å². The second kappa shape index (κ2) is 6.06. The van der Waals surface area contributed by atoms with Gasteiger partial charge in [-0.05, 0) is 29.7 Å². The number of rotatable bonds is 5. The SMILES string of the molecule is CCc1ccc(COc2ccc(C(=O)O)[nH]c2=O)cc1. The molecule has 0 aliphatic heterocycles. The Labute approximate surface area is 115 Å². The second-order valence-corrected chi connectivity index (χ2v) is 4.33. The summed E-state index contributed by atoms with van der Waals surface area (Å²) in [6.45, 7) is 2.34. The van der Waals surface area contributed by atoms with Crippen LogP contribution in [0.1, 0.15) is 28.5 Å². The van der Waals surface area contributed by atoms with Crippen molar-refractivity contribution in [2.45, 2.75) is 20.0 Å². The van der Waals surface area contributed by atoms with Gasteiger partial charge in [0.2, 0.25) is 0 Å². The number of hydrogen-bond acceptors (Lipinski definition) is 3. The molecule has 0 aliphatic carbocycles. The van der Waals surface area contributed by atoms with Crippen molar-refractivity contribution in [3.8, 4) is 5.75 Å². The molecule has 0 aliphatic rings. The summed E-state index contributed by atoms with van der Waals surface area (Å²) in [5.41, 5.74) is 1.48. The highest BCUT2D eigenvalue weighted by molar-refractivity contribution is 5.85. The first kappa shape index (κ1) is 13.9. The van der Waals surface area contributed by atoms with Crippen LogP contribution in [0.25, 0.3) is 0 Å². The maximum Gasteiger partial charge on any atom is 0.352 e. The molecule has 0 unspecified atom stereocenters. The largest absolute Gasteiger partial charge is 0.483 e. The Morgan fingerprint density at radius 1 is 1.15 bits per heavy atom. The maximum atomic E-state index is 11.6. The molecular weight excluding hydrogens is 258 g/mol. The quantitative estimate of drug-likeness (QED) is 0.875. The average molecular weight is 273 g/mol. The molecule has 2 aromatic rings. The Morgan fingerprint density at radius 2 is 1.80 bits per heavy atom. The molecule has 20 heavy (non-hydrogen) atoms. The lowest BCUT2D eigenvalue weighted by Gasteiger charge is -2.06. The standard InChI is InChI=1S/C15H15NO4/c1-2-10-3-5-11(6-4-10)9-20-13-8-7-12(15(18)19)16-14(13)17/h3-8H,2,9H2,1H3,(H,16,17)(H,18,19). The molecule has 1 aromatic carbocycles. The summed E-state index contributed by atoms with van der Waals surface area (Å²) >= 11 is 0. The van der Waals surface area contributed by atoms with Gasteiger partial charge in [-0.25, -0.2) is 4.79 Å². The predicted molar refractivity (Wildman–Crippen MR) is 74.2 cm³/mol. The van der Waals surface area contributed by atoms with E-state index in [0.29, 0.717) is 0 Å².